The van der Waals surface area contributed by atoms with Crippen molar-refractivity contribution in [3.63, 3.8) is 0 Å². The molecule has 1 aliphatic heterocycles. The molecule has 22 heavy (non-hydrogen) atoms. The third kappa shape index (κ3) is 4.63. The second-order valence-electron chi connectivity index (χ2n) is 6.16. The van der Waals surface area contributed by atoms with Crippen molar-refractivity contribution in [2.45, 2.75) is 65.8 Å². The predicted molar refractivity (Wildman–Crippen MR) is 81.7 cm³/mol. The van der Waals surface area contributed by atoms with E-state index in [1.165, 1.54) is 12.0 Å². The molecule has 1 aliphatic rings. The fourth-order valence-electron chi connectivity index (χ4n) is 2.29. The van der Waals surface area contributed by atoms with Crippen LogP contribution in [0.25, 0.3) is 0 Å². The SMILES string of the molecule is CCCC(C)(C)OOC(CCN1C(=O)C(C)=C(C)C1=O)OC. The van der Waals surface area contributed by atoms with Crippen LogP contribution >= 0.6 is 0 Å². The maximum Gasteiger partial charge on any atom is 0.256 e. The second kappa shape index (κ2) is 7.85. The van der Waals surface area contributed by atoms with Crippen molar-refractivity contribution >= 4 is 11.8 Å². The lowest BCUT2D eigenvalue weighted by atomic mass is 10.0. The zero-order chi connectivity index (χ0) is 16.9. The van der Waals surface area contributed by atoms with Gasteiger partial charge in [0.1, 0.15) is 0 Å². The van der Waals surface area contributed by atoms with Crippen molar-refractivity contribution in [1.29, 1.82) is 0 Å². The molecule has 0 fully saturated rings. The van der Waals surface area contributed by atoms with Crippen LogP contribution < -0.4 is 0 Å². The topological polar surface area (TPSA) is 65.1 Å². The quantitative estimate of drug-likeness (QED) is 0.283. The summed E-state index contributed by atoms with van der Waals surface area (Å²) < 4.78 is 5.20. The number of rotatable bonds is 9. The summed E-state index contributed by atoms with van der Waals surface area (Å²) >= 11 is 0. The molecule has 1 atom stereocenters. The van der Waals surface area contributed by atoms with Gasteiger partial charge in [-0.05, 0) is 34.1 Å². The Kier molecular flexibility index (Phi) is 6.71. The number of carbonyl (C=O) groups is 2. The van der Waals surface area contributed by atoms with Gasteiger partial charge in [-0.2, -0.15) is 0 Å². The summed E-state index contributed by atoms with van der Waals surface area (Å²) in [7, 11) is 1.50. The van der Waals surface area contributed by atoms with Crippen LogP contribution in [-0.2, 0) is 24.1 Å². The van der Waals surface area contributed by atoms with Crippen LogP contribution in [0.15, 0.2) is 11.1 Å². The first-order valence-corrected chi connectivity index (χ1v) is 7.64. The summed E-state index contributed by atoms with van der Waals surface area (Å²) in [6, 6.07) is 0. The van der Waals surface area contributed by atoms with Gasteiger partial charge in [0.15, 0.2) is 6.29 Å². The largest absolute Gasteiger partial charge is 0.353 e. The van der Waals surface area contributed by atoms with E-state index in [2.05, 4.69) is 6.92 Å². The molecular formula is C16H27NO5. The molecule has 0 spiro atoms. The van der Waals surface area contributed by atoms with Gasteiger partial charge in [-0.3, -0.25) is 14.5 Å². The third-order valence-corrected chi connectivity index (χ3v) is 3.78. The average Bonchev–Trinajstić information content (AvgIpc) is 2.64. The minimum absolute atomic E-state index is 0.239. The van der Waals surface area contributed by atoms with Crippen molar-refractivity contribution in [2.75, 3.05) is 13.7 Å². The second-order valence-corrected chi connectivity index (χ2v) is 6.16. The molecule has 0 aromatic rings. The highest BCUT2D eigenvalue weighted by atomic mass is 17.2. The van der Waals surface area contributed by atoms with E-state index in [0.29, 0.717) is 17.6 Å². The average molecular weight is 313 g/mol. The van der Waals surface area contributed by atoms with Gasteiger partial charge in [0.25, 0.3) is 11.8 Å². The van der Waals surface area contributed by atoms with Crippen molar-refractivity contribution in [3.05, 3.63) is 11.1 Å². The molecule has 0 aromatic heterocycles. The Morgan fingerprint density at radius 1 is 1.14 bits per heavy atom. The fraction of sp³-hybridized carbons (Fsp3) is 0.750. The summed E-state index contributed by atoms with van der Waals surface area (Å²) in [5.74, 6) is -0.492. The normalized spacial score (nSPS) is 17.6. The van der Waals surface area contributed by atoms with E-state index in [-0.39, 0.29) is 18.4 Å². The molecule has 1 unspecified atom stereocenters. The molecule has 1 heterocycles. The highest BCUT2D eigenvalue weighted by Crippen LogP contribution is 2.22. The maximum absolute atomic E-state index is 12.0. The fourth-order valence-corrected chi connectivity index (χ4v) is 2.29. The lowest BCUT2D eigenvalue weighted by Gasteiger charge is -2.26. The molecule has 0 saturated heterocycles. The number of hydrogen-bond donors (Lipinski definition) is 0. The zero-order valence-corrected chi connectivity index (χ0v) is 14.4. The highest BCUT2D eigenvalue weighted by Gasteiger charge is 2.33. The number of carbonyl (C=O) groups excluding carboxylic acids is 2. The van der Waals surface area contributed by atoms with Crippen LogP contribution in [0.4, 0.5) is 0 Å². The maximum atomic E-state index is 12.0. The van der Waals surface area contributed by atoms with Gasteiger partial charge in [-0.1, -0.05) is 13.3 Å². The van der Waals surface area contributed by atoms with Crippen molar-refractivity contribution in [1.82, 2.24) is 4.90 Å². The van der Waals surface area contributed by atoms with Gasteiger partial charge < -0.3 is 4.74 Å². The molecule has 0 N–H and O–H groups in total. The van der Waals surface area contributed by atoms with Crippen LogP contribution in [0.5, 0.6) is 0 Å². The first-order chi connectivity index (χ1) is 10.2. The van der Waals surface area contributed by atoms with Gasteiger partial charge in [-0.25, -0.2) is 9.78 Å². The monoisotopic (exact) mass is 313 g/mol. The molecule has 2 amide bonds. The highest BCUT2D eigenvalue weighted by molar-refractivity contribution is 6.18. The van der Waals surface area contributed by atoms with Crippen LogP contribution in [0.2, 0.25) is 0 Å². The van der Waals surface area contributed by atoms with Crippen LogP contribution in [0.3, 0.4) is 0 Å². The lowest BCUT2D eigenvalue weighted by molar-refractivity contribution is -0.417. The summed E-state index contributed by atoms with van der Waals surface area (Å²) in [4.78, 5) is 35.9. The third-order valence-electron chi connectivity index (χ3n) is 3.78. The van der Waals surface area contributed by atoms with Crippen LogP contribution in [0, 0.1) is 0 Å². The van der Waals surface area contributed by atoms with Crippen molar-refractivity contribution < 1.29 is 24.1 Å². The van der Waals surface area contributed by atoms with Crippen LogP contribution in [-0.4, -0.2) is 42.3 Å². The first kappa shape index (κ1) is 18.8. The molecule has 1 rings (SSSR count). The Morgan fingerprint density at radius 2 is 1.68 bits per heavy atom. The Balaban J connectivity index is 2.49. The number of methoxy groups -OCH3 is 1. The van der Waals surface area contributed by atoms with Gasteiger partial charge in [0.2, 0.25) is 0 Å². The number of imide groups is 1. The van der Waals surface area contributed by atoms with Gasteiger partial charge >= 0.3 is 0 Å². The minimum atomic E-state index is -0.627. The van der Waals surface area contributed by atoms with E-state index in [0.717, 1.165) is 12.8 Å². The standard InChI is InChI=1S/C16H27NO5/c1-7-9-16(4,5)22-21-13(20-6)8-10-17-14(18)11(2)12(3)15(17)19/h13H,7-10H2,1-6H3. The lowest BCUT2D eigenvalue weighted by Crippen LogP contribution is -2.36. The van der Waals surface area contributed by atoms with Crippen molar-refractivity contribution in [2.24, 2.45) is 0 Å². The van der Waals surface area contributed by atoms with E-state index in [9.17, 15) is 9.59 Å². The summed E-state index contributed by atoms with van der Waals surface area (Å²) in [6.07, 6.45) is 1.57. The number of amides is 2. The Hall–Kier alpha value is -1.24. The van der Waals surface area contributed by atoms with Gasteiger partial charge in [0, 0.05) is 31.2 Å². The summed E-state index contributed by atoms with van der Waals surface area (Å²) in [5, 5.41) is 0. The Labute approximate surface area is 132 Å². The molecule has 0 aromatic carbocycles. The van der Waals surface area contributed by atoms with Gasteiger partial charge in [0.05, 0.1) is 5.60 Å². The predicted octanol–water partition coefficient (Wildman–Crippen LogP) is 2.58. The van der Waals surface area contributed by atoms with Gasteiger partial charge in [-0.15, -0.1) is 0 Å². The summed E-state index contributed by atoms with van der Waals surface area (Å²) in [6.45, 7) is 9.51. The van der Waals surface area contributed by atoms with E-state index < -0.39 is 11.9 Å². The molecular weight excluding hydrogens is 286 g/mol. The molecule has 6 nitrogen and oxygen atoms in total. The molecule has 0 aliphatic carbocycles. The number of nitrogens with zero attached hydrogens (tertiary/aromatic N) is 1. The molecule has 0 radical (unpaired) electrons. The zero-order valence-electron chi connectivity index (χ0n) is 14.4. The molecule has 0 saturated carbocycles. The van der Waals surface area contributed by atoms with E-state index >= 15 is 0 Å². The Morgan fingerprint density at radius 3 is 2.14 bits per heavy atom. The number of ether oxygens (including phenoxy) is 1. The molecule has 126 valence electrons. The Bertz CT molecular complexity index is 431. The minimum Gasteiger partial charge on any atom is -0.353 e. The smallest absolute Gasteiger partial charge is 0.256 e. The molecule has 0 bridgehead atoms. The van der Waals surface area contributed by atoms with Crippen molar-refractivity contribution in [3.8, 4) is 0 Å². The van der Waals surface area contributed by atoms with E-state index in [4.69, 9.17) is 14.5 Å². The van der Waals surface area contributed by atoms with E-state index in [1.54, 1.807) is 13.8 Å². The van der Waals surface area contributed by atoms with Crippen LogP contribution in [0.1, 0.15) is 53.9 Å². The summed E-state index contributed by atoms with van der Waals surface area (Å²) in [5.41, 5.74) is 0.597. The number of hydrogen-bond acceptors (Lipinski definition) is 5. The van der Waals surface area contributed by atoms with E-state index in [1.807, 2.05) is 13.8 Å². The molecule has 6 heteroatoms. The first-order valence-electron chi connectivity index (χ1n) is 7.64.